The lowest BCUT2D eigenvalue weighted by atomic mass is 9.83. The minimum Gasteiger partial charge on any atom is -0.389 e. The summed E-state index contributed by atoms with van der Waals surface area (Å²) in [5, 5.41) is 10.00. The molecular weight excluding hydrogens is 300 g/mol. The molecule has 1 rings (SSSR count). The lowest BCUT2D eigenvalue weighted by Gasteiger charge is -2.19. The number of aliphatic hydroxyl groups is 1. The van der Waals surface area contributed by atoms with Crippen LogP contribution in [0.4, 0.5) is 0 Å². The van der Waals surface area contributed by atoms with Crippen LogP contribution in [0.25, 0.3) is 0 Å². The van der Waals surface area contributed by atoms with Crippen molar-refractivity contribution in [3.8, 4) is 0 Å². The van der Waals surface area contributed by atoms with E-state index < -0.39 is 0 Å². The number of unbranched alkanes of at least 4 members (excludes halogenated alkanes) is 6. The van der Waals surface area contributed by atoms with Gasteiger partial charge < -0.3 is 9.84 Å². The zero-order valence-electron chi connectivity index (χ0n) is 16.2. The average Bonchev–Trinajstić information content (AvgIpc) is 3.28. The minimum atomic E-state index is -0.348. The maximum atomic E-state index is 11.5. The first-order chi connectivity index (χ1) is 11.4. The van der Waals surface area contributed by atoms with Gasteiger partial charge in [-0.1, -0.05) is 77.9 Å². The van der Waals surface area contributed by atoms with E-state index in [0.717, 1.165) is 25.7 Å². The highest BCUT2D eigenvalue weighted by atomic mass is 16.6. The Morgan fingerprint density at radius 1 is 1.17 bits per heavy atom. The molecule has 1 heterocycles. The Bertz CT molecular complexity index is 387. The summed E-state index contributed by atoms with van der Waals surface area (Å²) in [5.74, 6) is 0.236. The van der Waals surface area contributed by atoms with Crippen LogP contribution in [-0.2, 0) is 9.53 Å². The van der Waals surface area contributed by atoms with E-state index in [1.54, 1.807) is 6.92 Å². The Labute approximate surface area is 148 Å². The number of ketones is 1. The topological polar surface area (TPSA) is 49.8 Å². The van der Waals surface area contributed by atoms with Crippen molar-refractivity contribution in [2.75, 3.05) is 0 Å². The highest BCUT2D eigenvalue weighted by Gasteiger charge is 2.38. The van der Waals surface area contributed by atoms with E-state index in [-0.39, 0.29) is 29.5 Å². The van der Waals surface area contributed by atoms with Crippen molar-refractivity contribution in [2.45, 2.75) is 110 Å². The molecule has 24 heavy (non-hydrogen) atoms. The molecule has 0 radical (unpaired) electrons. The third-order valence-corrected chi connectivity index (χ3v) is 5.26. The van der Waals surface area contributed by atoms with Gasteiger partial charge in [0.15, 0.2) is 0 Å². The monoisotopic (exact) mass is 338 g/mol. The van der Waals surface area contributed by atoms with Crippen LogP contribution >= 0.6 is 0 Å². The molecule has 0 amide bonds. The number of rotatable bonds is 14. The van der Waals surface area contributed by atoms with Gasteiger partial charge in [-0.3, -0.25) is 4.79 Å². The molecule has 3 atom stereocenters. The van der Waals surface area contributed by atoms with Crippen molar-refractivity contribution < 1.29 is 14.6 Å². The van der Waals surface area contributed by atoms with E-state index in [1.165, 1.54) is 38.5 Å². The molecule has 0 aromatic carbocycles. The van der Waals surface area contributed by atoms with Crippen LogP contribution in [0.5, 0.6) is 0 Å². The van der Waals surface area contributed by atoms with Gasteiger partial charge in [-0.05, 0) is 26.2 Å². The second kappa shape index (κ2) is 11.0. The van der Waals surface area contributed by atoms with E-state index in [0.29, 0.717) is 0 Å². The summed E-state index contributed by atoms with van der Waals surface area (Å²) in [7, 11) is 0. The van der Waals surface area contributed by atoms with Crippen LogP contribution in [-0.4, -0.2) is 29.2 Å². The number of hydrogen-bond acceptors (Lipinski definition) is 3. The van der Waals surface area contributed by atoms with E-state index in [4.69, 9.17) is 4.74 Å². The molecule has 1 N–H and O–H groups in total. The van der Waals surface area contributed by atoms with Gasteiger partial charge in [0.05, 0.1) is 12.2 Å². The van der Waals surface area contributed by atoms with E-state index >= 15 is 0 Å². The number of ether oxygens (including phenoxy) is 1. The molecule has 0 aromatic rings. The fourth-order valence-corrected chi connectivity index (χ4v) is 2.88. The standard InChI is InChI=1S/C21H38O3/c1-5-6-7-8-9-10-11-12-18(23)13-14-19-20(24-19)15-16-21(3,4)17(2)22/h13-14,18-20,23H,5-12,15-16H2,1-4H3/b14-13+. The summed E-state index contributed by atoms with van der Waals surface area (Å²) in [6, 6.07) is 0. The zero-order chi connectivity index (χ0) is 18.0. The fraction of sp³-hybridized carbons (Fsp3) is 0.857. The summed E-state index contributed by atoms with van der Waals surface area (Å²) in [6.07, 6.45) is 15.4. The van der Waals surface area contributed by atoms with Crippen molar-refractivity contribution >= 4 is 5.78 Å². The lowest BCUT2D eigenvalue weighted by Crippen LogP contribution is -2.21. The first kappa shape index (κ1) is 21.4. The maximum Gasteiger partial charge on any atom is 0.135 e. The number of carbonyl (C=O) groups is 1. The summed E-state index contributed by atoms with van der Waals surface area (Å²) in [4.78, 5) is 11.5. The van der Waals surface area contributed by atoms with E-state index in [2.05, 4.69) is 6.92 Å². The SMILES string of the molecule is CCCCCCCCCC(O)/C=C/C1OC1CCC(C)(C)C(C)=O. The highest BCUT2D eigenvalue weighted by Crippen LogP contribution is 2.33. The average molecular weight is 339 g/mol. The molecule has 140 valence electrons. The maximum absolute atomic E-state index is 11.5. The van der Waals surface area contributed by atoms with Gasteiger partial charge in [0, 0.05) is 5.41 Å². The Morgan fingerprint density at radius 2 is 1.79 bits per heavy atom. The van der Waals surface area contributed by atoms with Crippen molar-refractivity contribution in [1.82, 2.24) is 0 Å². The van der Waals surface area contributed by atoms with Crippen molar-refractivity contribution in [1.29, 1.82) is 0 Å². The third-order valence-electron chi connectivity index (χ3n) is 5.26. The normalized spacial score (nSPS) is 22.0. The van der Waals surface area contributed by atoms with Gasteiger partial charge in [-0.15, -0.1) is 0 Å². The number of aliphatic hydroxyl groups excluding tert-OH is 1. The lowest BCUT2D eigenvalue weighted by molar-refractivity contribution is -0.125. The zero-order valence-corrected chi connectivity index (χ0v) is 16.2. The smallest absolute Gasteiger partial charge is 0.135 e. The van der Waals surface area contributed by atoms with Gasteiger partial charge in [-0.2, -0.15) is 0 Å². The number of hydrogen-bond donors (Lipinski definition) is 1. The largest absolute Gasteiger partial charge is 0.389 e. The molecule has 1 aliphatic rings. The minimum absolute atomic E-state index is 0.136. The van der Waals surface area contributed by atoms with Crippen LogP contribution < -0.4 is 0 Å². The quantitative estimate of drug-likeness (QED) is 0.269. The van der Waals surface area contributed by atoms with Crippen molar-refractivity contribution in [3.63, 3.8) is 0 Å². The molecule has 0 bridgehead atoms. The van der Waals surface area contributed by atoms with Gasteiger partial charge in [-0.25, -0.2) is 0 Å². The summed E-state index contributed by atoms with van der Waals surface area (Å²) < 4.78 is 5.61. The highest BCUT2D eigenvalue weighted by molar-refractivity contribution is 5.81. The molecule has 1 fully saturated rings. The molecule has 1 saturated heterocycles. The number of epoxide rings is 1. The fourth-order valence-electron chi connectivity index (χ4n) is 2.88. The molecule has 0 aromatic heterocycles. The van der Waals surface area contributed by atoms with E-state index in [1.807, 2.05) is 26.0 Å². The first-order valence-electron chi connectivity index (χ1n) is 9.89. The predicted octanol–water partition coefficient (Wildman–Crippen LogP) is 5.21. The van der Waals surface area contributed by atoms with Crippen LogP contribution in [0.15, 0.2) is 12.2 Å². The van der Waals surface area contributed by atoms with Gasteiger partial charge in [0.1, 0.15) is 11.9 Å². The molecule has 3 unspecified atom stereocenters. The summed E-state index contributed by atoms with van der Waals surface area (Å²) in [6.45, 7) is 7.88. The van der Waals surface area contributed by atoms with Gasteiger partial charge in [0.25, 0.3) is 0 Å². The van der Waals surface area contributed by atoms with Gasteiger partial charge in [0.2, 0.25) is 0 Å². The second-order valence-corrected chi connectivity index (χ2v) is 7.98. The summed E-state index contributed by atoms with van der Waals surface area (Å²) in [5.41, 5.74) is -0.253. The summed E-state index contributed by atoms with van der Waals surface area (Å²) >= 11 is 0. The Hall–Kier alpha value is -0.670. The Morgan fingerprint density at radius 3 is 2.42 bits per heavy atom. The first-order valence-corrected chi connectivity index (χ1v) is 9.89. The predicted molar refractivity (Wildman–Crippen MR) is 100 cm³/mol. The molecule has 0 saturated carbocycles. The van der Waals surface area contributed by atoms with Crippen LogP contribution in [0.1, 0.15) is 91.9 Å². The molecule has 3 heteroatoms. The molecule has 3 nitrogen and oxygen atoms in total. The van der Waals surface area contributed by atoms with Crippen LogP contribution in [0.3, 0.4) is 0 Å². The van der Waals surface area contributed by atoms with E-state index in [9.17, 15) is 9.90 Å². The van der Waals surface area contributed by atoms with Crippen molar-refractivity contribution in [3.05, 3.63) is 12.2 Å². The molecule has 0 spiro atoms. The Kier molecular flexibility index (Phi) is 9.84. The molecule has 0 aliphatic carbocycles. The van der Waals surface area contributed by atoms with Crippen LogP contribution in [0.2, 0.25) is 0 Å². The molecule has 1 aliphatic heterocycles. The molecular formula is C21H38O3. The van der Waals surface area contributed by atoms with Gasteiger partial charge >= 0.3 is 0 Å². The van der Waals surface area contributed by atoms with Crippen LogP contribution in [0, 0.1) is 5.41 Å². The number of carbonyl (C=O) groups excluding carboxylic acids is 1. The van der Waals surface area contributed by atoms with Crippen molar-refractivity contribution in [2.24, 2.45) is 5.41 Å². The Balaban J connectivity index is 2.05. The second-order valence-electron chi connectivity index (χ2n) is 7.98. The number of Topliss-reactive ketones (excluding diaryl/α,β-unsaturated/α-hetero) is 1. The third kappa shape index (κ3) is 8.98.